The molecular weight excluding hydrogens is 248 g/mol. The second-order valence-electron chi connectivity index (χ2n) is 2.93. The first-order chi connectivity index (χ1) is 9.03. The summed E-state index contributed by atoms with van der Waals surface area (Å²) in [5, 5.41) is 32.4. The van der Waals surface area contributed by atoms with Crippen LogP contribution in [0.3, 0.4) is 0 Å². The fraction of sp³-hybridized carbons (Fsp3) is 0.571. The van der Waals surface area contributed by atoms with Crippen molar-refractivity contribution in [1.82, 2.24) is 0 Å². The maximum Gasteiger partial charge on any atom is 0.115 e. The van der Waals surface area contributed by atoms with E-state index in [0.717, 1.165) is 13.2 Å². The summed E-state index contributed by atoms with van der Waals surface area (Å²) in [5.41, 5.74) is 0. The molecule has 0 fully saturated rings. The Labute approximate surface area is 116 Å². The average molecular weight is 276 g/mol. The van der Waals surface area contributed by atoms with Gasteiger partial charge >= 0.3 is 0 Å². The first kappa shape index (κ1) is 22.8. The molecule has 1 aromatic rings. The molecule has 0 aliphatic carbocycles. The molecule has 0 saturated carbocycles. The Morgan fingerprint density at radius 2 is 0.947 bits per heavy atom. The molecule has 19 heavy (non-hydrogen) atoms. The molecule has 0 amide bonds. The molecule has 0 aliphatic rings. The number of aliphatic hydroxyl groups is 2. The predicted molar refractivity (Wildman–Crippen MR) is 77.5 cm³/mol. The number of hydrogen-bond acceptors (Lipinski definition) is 5. The van der Waals surface area contributed by atoms with Crippen molar-refractivity contribution < 1.29 is 25.2 Å². The number of aromatic hydroxyl groups is 2. The fourth-order valence-electron chi connectivity index (χ4n) is 0.657. The maximum absolute atomic E-state index is 8.65. The summed E-state index contributed by atoms with van der Waals surface area (Å²) >= 11 is 0. The van der Waals surface area contributed by atoms with Gasteiger partial charge in [0.2, 0.25) is 0 Å². The third kappa shape index (κ3) is 31.5. The van der Waals surface area contributed by atoms with Crippen LogP contribution in [0.1, 0.15) is 27.7 Å². The van der Waals surface area contributed by atoms with Gasteiger partial charge in [-0.25, -0.2) is 0 Å². The quantitative estimate of drug-likeness (QED) is 0.621. The third-order valence-electron chi connectivity index (χ3n) is 1.26. The van der Waals surface area contributed by atoms with Gasteiger partial charge in [0.25, 0.3) is 0 Å². The smallest absolute Gasteiger partial charge is 0.115 e. The standard InChI is InChI=1S/C6H6O2.C4H10O.2C2H6O/c7-5-1-2-6(8)4-3-5;1-3-5-4-2;2*1-2-3/h1-4,7-8H;3-4H2,1-2H3;2*3H,2H2,1H3. The second-order valence-corrected chi connectivity index (χ2v) is 2.93. The lowest BCUT2D eigenvalue weighted by atomic mass is 10.3. The van der Waals surface area contributed by atoms with Crippen LogP contribution < -0.4 is 0 Å². The van der Waals surface area contributed by atoms with Crippen LogP contribution in [0.15, 0.2) is 24.3 Å². The van der Waals surface area contributed by atoms with E-state index in [9.17, 15) is 0 Å². The Morgan fingerprint density at radius 3 is 1.05 bits per heavy atom. The number of hydrogen-bond donors (Lipinski definition) is 4. The van der Waals surface area contributed by atoms with Gasteiger partial charge in [-0.15, -0.1) is 0 Å². The second kappa shape index (κ2) is 21.9. The highest BCUT2D eigenvalue weighted by Gasteiger charge is 1.84. The van der Waals surface area contributed by atoms with Crippen molar-refractivity contribution in [3.05, 3.63) is 24.3 Å². The van der Waals surface area contributed by atoms with Crippen LogP contribution in [-0.2, 0) is 4.74 Å². The largest absolute Gasteiger partial charge is 0.508 e. The lowest BCUT2D eigenvalue weighted by Gasteiger charge is -1.88. The Balaban J connectivity index is -0.000000202. The Hall–Kier alpha value is -1.30. The molecule has 0 radical (unpaired) electrons. The molecule has 0 unspecified atom stereocenters. The number of rotatable bonds is 2. The summed E-state index contributed by atoms with van der Waals surface area (Å²) in [5.74, 6) is 0.339. The molecule has 5 nitrogen and oxygen atoms in total. The van der Waals surface area contributed by atoms with Gasteiger partial charge < -0.3 is 25.2 Å². The van der Waals surface area contributed by atoms with Gasteiger partial charge in [0.1, 0.15) is 11.5 Å². The molecule has 4 N–H and O–H groups in total. The molecule has 1 aromatic carbocycles. The third-order valence-corrected chi connectivity index (χ3v) is 1.26. The SMILES string of the molecule is CCO.CCO.CCOCC.Oc1ccc(O)cc1. The van der Waals surface area contributed by atoms with E-state index in [1.807, 2.05) is 13.8 Å². The molecule has 0 aromatic heterocycles. The number of phenols is 2. The van der Waals surface area contributed by atoms with Gasteiger partial charge in [-0.3, -0.25) is 0 Å². The molecule has 0 bridgehead atoms. The lowest BCUT2D eigenvalue weighted by molar-refractivity contribution is 0.162. The molecule has 0 atom stereocenters. The van der Waals surface area contributed by atoms with E-state index in [0.29, 0.717) is 0 Å². The van der Waals surface area contributed by atoms with Crippen LogP contribution in [0, 0.1) is 0 Å². The van der Waals surface area contributed by atoms with E-state index in [-0.39, 0.29) is 24.7 Å². The molecule has 0 heterocycles. The maximum atomic E-state index is 8.65. The Kier molecular flexibility index (Phi) is 26.4. The van der Waals surface area contributed by atoms with Crippen LogP contribution in [0.5, 0.6) is 11.5 Å². The fourth-order valence-corrected chi connectivity index (χ4v) is 0.657. The zero-order chi connectivity index (χ0) is 15.5. The van der Waals surface area contributed by atoms with Crippen molar-refractivity contribution in [1.29, 1.82) is 0 Å². The van der Waals surface area contributed by atoms with Crippen molar-refractivity contribution in [3.8, 4) is 11.5 Å². The number of ether oxygens (including phenoxy) is 1. The minimum Gasteiger partial charge on any atom is -0.508 e. The summed E-state index contributed by atoms with van der Waals surface area (Å²) in [6.07, 6.45) is 0. The summed E-state index contributed by atoms with van der Waals surface area (Å²) in [6, 6.07) is 5.70. The summed E-state index contributed by atoms with van der Waals surface area (Å²) in [7, 11) is 0. The van der Waals surface area contributed by atoms with Gasteiger partial charge in [-0.05, 0) is 52.0 Å². The monoisotopic (exact) mass is 276 g/mol. The summed E-state index contributed by atoms with van der Waals surface area (Å²) in [4.78, 5) is 0. The lowest BCUT2D eigenvalue weighted by Crippen LogP contribution is -1.84. The summed E-state index contributed by atoms with van der Waals surface area (Å²) in [6.45, 7) is 9.53. The summed E-state index contributed by atoms with van der Waals surface area (Å²) < 4.78 is 4.83. The Morgan fingerprint density at radius 1 is 0.737 bits per heavy atom. The van der Waals surface area contributed by atoms with Crippen molar-refractivity contribution in [2.75, 3.05) is 26.4 Å². The van der Waals surface area contributed by atoms with E-state index in [1.165, 1.54) is 24.3 Å². The van der Waals surface area contributed by atoms with E-state index >= 15 is 0 Å². The van der Waals surface area contributed by atoms with Crippen molar-refractivity contribution in [2.45, 2.75) is 27.7 Å². The molecule has 0 spiro atoms. The van der Waals surface area contributed by atoms with Gasteiger partial charge in [-0.1, -0.05) is 0 Å². The molecule has 114 valence electrons. The van der Waals surface area contributed by atoms with Gasteiger partial charge in [0, 0.05) is 26.4 Å². The van der Waals surface area contributed by atoms with Crippen LogP contribution >= 0.6 is 0 Å². The van der Waals surface area contributed by atoms with E-state index in [2.05, 4.69) is 0 Å². The molecule has 1 rings (SSSR count). The molecule has 5 heteroatoms. The van der Waals surface area contributed by atoms with Crippen molar-refractivity contribution in [3.63, 3.8) is 0 Å². The number of aliphatic hydroxyl groups excluding tert-OH is 2. The van der Waals surface area contributed by atoms with Crippen LogP contribution in [0.2, 0.25) is 0 Å². The minimum atomic E-state index is 0.169. The van der Waals surface area contributed by atoms with Gasteiger partial charge in [0.15, 0.2) is 0 Å². The number of benzene rings is 1. The van der Waals surface area contributed by atoms with E-state index in [1.54, 1.807) is 13.8 Å². The Bertz CT molecular complexity index is 211. The molecule has 0 saturated heterocycles. The highest BCUT2D eigenvalue weighted by atomic mass is 16.5. The van der Waals surface area contributed by atoms with Crippen LogP contribution in [0.4, 0.5) is 0 Å². The van der Waals surface area contributed by atoms with E-state index < -0.39 is 0 Å². The first-order valence-corrected chi connectivity index (χ1v) is 6.31. The van der Waals surface area contributed by atoms with Gasteiger partial charge in [-0.2, -0.15) is 0 Å². The number of phenolic OH excluding ortho intramolecular Hbond substituents is 2. The van der Waals surface area contributed by atoms with Crippen LogP contribution in [0.25, 0.3) is 0 Å². The minimum absolute atomic E-state index is 0.169. The zero-order valence-corrected chi connectivity index (χ0v) is 12.3. The van der Waals surface area contributed by atoms with Crippen molar-refractivity contribution >= 4 is 0 Å². The molecule has 0 aliphatic heterocycles. The predicted octanol–water partition coefficient (Wildman–Crippen LogP) is 2.14. The van der Waals surface area contributed by atoms with Crippen molar-refractivity contribution in [2.24, 2.45) is 0 Å². The normalized spacial score (nSPS) is 7.89. The molecular formula is C14H28O5. The zero-order valence-electron chi connectivity index (χ0n) is 12.3. The van der Waals surface area contributed by atoms with Crippen LogP contribution in [-0.4, -0.2) is 46.9 Å². The topological polar surface area (TPSA) is 90.2 Å². The van der Waals surface area contributed by atoms with E-state index in [4.69, 9.17) is 25.2 Å². The highest BCUT2D eigenvalue weighted by molar-refractivity contribution is 5.28. The highest BCUT2D eigenvalue weighted by Crippen LogP contribution is 2.13. The average Bonchev–Trinajstić information content (AvgIpc) is 2.37. The van der Waals surface area contributed by atoms with Gasteiger partial charge in [0.05, 0.1) is 0 Å². The first-order valence-electron chi connectivity index (χ1n) is 6.31.